The predicted octanol–water partition coefficient (Wildman–Crippen LogP) is 4.38. The molecule has 1 N–H and O–H groups in total. The number of aryl methyl sites for hydroxylation is 1. The fraction of sp³-hybridized carbons (Fsp3) is 0.375. The van der Waals surface area contributed by atoms with Gasteiger partial charge in [0.1, 0.15) is 22.9 Å². The zero-order chi connectivity index (χ0) is 22.8. The molecule has 33 heavy (non-hydrogen) atoms. The van der Waals surface area contributed by atoms with Crippen molar-refractivity contribution in [2.75, 3.05) is 23.3 Å². The number of nitrogens with one attached hydrogen (secondary N) is 1. The zero-order valence-electron chi connectivity index (χ0n) is 18.4. The van der Waals surface area contributed by atoms with E-state index in [4.69, 9.17) is 4.74 Å². The molecule has 1 aliphatic heterocycles. The topological polar surface area (TPSA) is 93.1 Å². The van der Waals surface area contributed by atoms with Crippen molar-refractivity contribution in [3.63, 3.8) is 0 Å². The highest BCUT2D eigenvalue weighted by Crippen LogP contribution is 2.40. The lowest BCUT2D eigenvalue weighted by atomic mass is 9.78. The molecule has 170 valence electrons. The molecule has 2 aliphatic rings. The Morgan fingerprint density at radius 1 is 1.21 bits per heavy atom. The van der Waals surface area contributed by atoms with Gasteiger partial charge in [-0.25, -0.2) is 19.2 Å². The van der Waals surface area contributed by atoms with Crippen LogP contribution in [0, 0.1) is 18.7 Å². The molecule has 8 nitrogen and oxygen atoms in total. The Labute approximate surface area is 191 Å². The molecule has 1 saturated carbocycles. The second kappa shape index (κ2) is 8.73. The van der Waals surface area contributed by atoms with Gasteiger partial charge in [0.2, 0.25) is 0 Å². The number of rotatable bonds is 5. The van der Waals surface area contributed by atoms with Crippen LogP contribution in [-0.2, 0) is 4.74 Å². The average molecular weight is 449 g/mol. The molecule has 0 unspecified atom stereocenters. The first-order valence-corrected chi connectivity index (χ1v) is 11.1. The van der Waals surface area contributed by atoms with Gasteiger partial charge in [0.15, 0.2) is 5.82 Å². The minimum atomic E-state index is -0.449. The Morgan fingerprint density at radius 2 is 2.06 bits per heavy atom. The van der Waals surface area contributed by atoms with Crippen LogP contribution in [0.4, 0.5) is 20.8 Å². The second-order valence-corrected chi connectivity index (χ2v) is 8.76. The Bertz CT molecular complexity index is 1130. The second-order valence-electron chi connectivity index (χ2n) is 8.76. The summed E-state index contributed by atoms with van der Waals surface area (Å²) >= 11 is 0. The van der Waals surface area contributed by atoms with E-state index in [1.165, 1.54) is 6.07 Å². The number of hydrogen-bond acceptors (Lipinski definition) is 7. The molecule has 0 aromatic carbocycles. The summed E-state index contributed by atoms with van der Waals surface area (Å²) in [5.41, 5.74) is 1.28. The van der Waals surface area contributed by atoms with Crippen molar-refractivity contribution in [2.45, 2.75) is 38.2 Å². The largest absolute Gasteiger partial charge is 0.441 e. The Balaban J connectivity index is 1.15. The van der Waals surface area contributed by atoms with Crippen LogP contribution < -0.4 is 10.2 Å². The fourth-order valence-electron chi connectivity index (χ4n) is 4.53. The standard InChI is InChI=1S/C24H25FN6O2/c1-16-4-6-19(25)22(29-16)18-5-7-20(27-14-18)26-13-17-8-10-24(11-9-17)15-31(23(32)33-24)21-3-2-12-28-30-21/h2-7,12,14,17H,8-11,13,15H2,1H3,(H,26,27). The molecule has 1 aliphatic carbocycles. The first-order valence-electron chi connectivity index (χ1n) is 11.1. The predicted molar refractivity (Wildman–Crippen MR) is 121 cm³/mol. The maximum atomic E-state index is 14.1. The Morgan fingerprint density at radius 3 is 2.79 bits per heavy atom. The van der Waals surface area contributed by atoms with Crippen molar-refractivity contribution in [1.82, 2.24) is 20.2 Å². The summed E-state index contributed by atoms with van der Waals surface area (Å²) in [6, 6.07) is 10.3. The van der Waals surface area contributed by atoms with Crippen LogP contribution in [0.15, 0.2) is 48.8 Å². The molecule has 9 heteroatoms. The van der Waals surface area contributed by atoms with Gasteiger partial charge in [0.25, 0.3) is 0 Å². The lowest BCUT2D eigenvalue weighted by Gasteiger charge is -2.35. The van der Waals surface area contributed by atoms with Gasteiger partial charge >= 0.3 is 6.09 Å². The highest BCUT2D eigenvalue weighted by Gasteiger charge is 2.48. The quantitative estimate of drug-likeness (QED) is 0.619. The average Bonchev–Trinajstić information content (AvgIpc) is 3.17. The van der Waals surface area contributed by atoms with Crippen LogP contribution in [0.5, 0.6) is 0 Å². The molecular formula is C24H25FN6O2. The van der Waals surface area contributed by atoms with Gasteiger partial charge in [-0.15, -0.1) is 5.10 Å². The molecule has 1 saturated heterocycles. The summed E-state index contributed by atoms with van der Waals surface area (Å²) in [7, 11) is 0. The first kappa shape index (κ1) is 21.2. The number of halogens is 1. The van der Waals surface area contributed by atoms with Crippen molar-refractivity contribution in [3.05, 3.63) is 60.3 Å². The van der Waals surface area contributed by atoms with Crippen LogP contribution in [0.25, 0.3) is 11.3 Å². The van der Waals surface area contributed by atoms with Crippen molar-refractivity contribution < 1.29 is 13.9 Å². The highest BCUT2D eigenvalue weighted by molar-refractivity contribution is 5.89. The van der Waals surface area contributed by atoms with Crippen molar-refractivity contribution in [1.29, 1.82) is 0 Å². The third kappa shape index (κ3) is 4.48. The summed E-state index contributed by atoms with van der Waals surface area (Å²) in [5.74, 6) is 1.37. The number of aromatic nitrogens is 4. The first-order chi connectivity index (χ1) is 16.0. The minimum absolute atomic E-state index is 0.313. The highest BCUT2D eigenvalue weighted by atomic mass is 19.1. The van der Waals surface area contributed by atoms with Crippen molar-refractivity contribution in [3.8, 4) is 11.3 Å². The van der Waals surface area contributed by atoms with E-state index in [0.717, 1.165) is 43.7 Å². The van der Waals surface area contributed by atoms with Crippen molar-refractivity contribution in [2.24, 2.45) is 5.92 Å². The number of carbonyl (C=O) groups is 1. The lowest BCUT2D eigenvalue weighted by Crippen LogP contribution is -2.39. The normalized spacial score (nSPS) is 22.4. The maximum Gasteiger partial charge on any atom is 0.416 e. The molecule has 2 fully saturated rings. The van der Waals surface area contributed by atoms with Gasteiger partial charge in [-0.05, 0) is 74.9 Å². The van der Waals surface area contributed by atoms with Crippen LogP contribution in [0.3, 0.4) is 0 Å². The van der Waals surface area contributed by atoms with Gasteiger partial charge < -0.3 is 10.1 Å². The van der Waals surface area contributed by atoms with Gasteiger partial charge in [-0.1, -0.05) is 0 Å². The number of ether oxygens (including phenoxy) is 1. The molecule has 0 bridgehead atoms. The lowest BCUT2D eigenvalue weighted by molar-refractivity contribution is 0.0148. The number of pyridine rings is 2. The third-order valence-corrected chi connectivity index (χ3v) is 6.42. The molecular weight excluding hydrogens is 423 g/mol. The van der Waals surface area contributed by atoms with Gasteiger partial charge in [0.05, 0.1) is 6.54 Å². The van der Waals surface area contributed by atoms with Gasteiger partial charge in [-0.2, -0.15) is 5.10 Å². The van der Waals surface area contributed by atoms with E-state index >= 15 is 0 Å². The molecule has 3 aromatic heterocycles. The molecule has 4 heterocycles. The third-order valence-electron chi connectivity index (χ3n) is 6.42. The number of hydrogen-bond donors (Lipinski definition) is 1. The van der Waals surface area contributed by atoms with Crippen LogP contribution >= 0.6 is 0 Å². The van der Waals surface area contributed by atoms with Crippen molar-refractivity contribution >= 4 is 17.7 Å². The van der Waals surface area contributed by atoms with E-state index in [-0.39, 0.29) is 11.9 Å². The molecule has 1 amide bonds. The smallest absolute Gasteiger partial charge is 0.416 e. The molecule has 1 spiro atoms. The Kier molecular flexibility index (Phi) is 5.62. The summed E-state index contributed by atoms with van der Waals surface area (Å²) < 4.78 is 19.9. The number of anilines is 2. The van der Waals surface area contributed by atoms with Crippen LogP contribution in [-0.4, -0.2) is 44.9 Å². The SMILES string of the molecule is Cc1ccc(F)c(-c2ccc(NCC3CCC4(CC3)CN(c3cccnn3)C(=O)O4)nc2)n1. The molecule has 0 radical (unpaired) electrons. The summed E-state index contributed by atoms with van der Waals surface area (Å²) in [4.78, 5) is 22.7. The number of carbonyl (C=O) groups excluding carboxylic acids is 1. The van der Waals surface area contributed by atoms with Crippen LogP contribution in [0.2, 0.25) is 0 Å². The Hall–Kier alpha value is -3.62. The minimum Gasteiger partial charge on any atom is -0.441 e. The van der Waals surface area contributed by atoms with E-state index in [1.54, 1.807) is 35.5 Å². The number of amides is 1. The fourth-order valence-corrected chi connectivity index (χ4v) is 4.53. The summed E-state index contributed by atoms with van der Waals surface area (Å²) in [5, 5.41) is 11.3. The zero-order valence-corrected chi connectivity index (χ0v) is 18.4. The summed E-state index contributed by atoms with van der Waals surface area (Å²) in [6.07, 6.45) is 6.40. The monoisotopic (exact) mass is 448 g/mol. The van der Waals surface area contributed by atoms with Gasteiger partial charge in [-0.3, -0.25) is 4.90 Å². The molecule has 3 aromatic rings. The van der Waals surface area contributed by atoms with E-state index in [9.17, 15) is 9.18 Å². The van der Waals surface area contributed by atoms with E-state index < -0.39 is 5.60 Å². The molecule has 0 atom stereocenters. The molecule has 5 rings (SSSR count). The van der Waals surface area contributed by atoms with Gasteiger partial charge in [0, 0.05) is 30.2 Å². The van der Waals surface area contributed by atoms with E-state index in [2.05, 4.69) is 25.5 Å². The number of nitrogens with zero attached hydrogens (tertiary/aromatic N) is 5. The summed E-state index contributed by atoms with van der Waals surface area (Å²) in [6.45, 7) is 3.12. The van der Waals surface area contributed by atoms with E-state index in [1.807, 2.05) is 19.1 Å². The van der Waals surface area contributed by atoms with Crippen LogP contribution in [0.1, 0.15) is 31.4 Å². The van der Waals surface area contributed by atoms with E-state index in [0.29, 0.717) is 29.5 Å². The maximum absolute atomic E-state index is 14.1.